The maximum absolute atomic E-state index is 6.22. The van der Waals surface area contributed by atoms with Gasteiger partial charge in [0.15, 0.2) is 0 Å². The van der Waals surface area contributed by atoms with E-state index in [-0.39, 0.29) is 11.7 Å². The van der Waals surface area contributed by atoms with Crippen LogP contribution in [0.15, 0.2) is 71.7 Å². The van der Waals surface area contributed by atoms with Crippen molar-refractivity contribution in [2.45, 2.75) is 18.2 Å². The van der Waals surface area contributed by atoms with E-state index >= 15 is 0 Å². The maximum Gasteiger partial charge on any atom is 0.142 e. The highest BCUT2D eigenvalue weighted by atomic mass is 79.9. The zero-order chi connectivity index (χ0) is 15.9. The fourth-order valence-electron chi connectivity index (χ4n) is 2.97. The molecule has 3 aromatic rings. The summed E-state index contributed by atoms with van der Waals surface area (Å²) in [5.41, 5.74) is 1.93. The average Bonchev–Trinajstić information content (AvgIpc) is 3.04. The molecule has 1 aliphatic rings. The molecule has 2 heterocycles. The monoisotopic (exact) mass is 388 g/mol. The van der Waals surface area contributed by atoms with Gasteiger partial charge in [-0.2, -0.15) is 0 Å². The summed E-state index contributed by atoms with van der Waals surface area (Å²) in [5, 5.41) is 0.734. The van der Waals surface area contributed by atoms with Crippen molar-refractivity contribution in [2.75, 3.05) is 0 Å². The number of nitrogens with zero attached hydrogens (tertiary/aromatic N) is 2. The van der Waals surface area contributed by atoms with Crippen LogP contribution in [0.1, 0.15) is 17.2 Å². The van der Waals surface area contributed by atoms with E-state index in [0.717, 1.165) is 27.2 Å². The van der Waals surface area contributed by atoms with Crippen molar-refractivity contribution >= 4 is 27.5 Å². The lowest BCUT2D eigenvalue weighted by atomic mass is 9.91. The number of imidazole rings is 1. The Labute approximate surface area is 148 Å². The molecule has 2 unspecified atom stereocenters. The van der Waals surface area contributed by atoms with E-state index < -0.39 is 0 Å². The molecular weight excluding hydrogens is 376 g/mol. The van der Waals surface area contributed by atoms with E-state index in [1.54, 1.807) is 6.20 Å². The van der Waals surface area contributed by atoms with Gasteiger partial charge in [-0.3, -0.25) is 0 Å². The Morgan fingerprint density at radius 2 is 1.87 bits per heavy atom. The normalized spacial score (nSPS) is 23.0. The molecule has 0 radical (unpaired) electrons. The molecule has 5 heteroatoms. The Kier molecular flexibility index (Phi) is 3.76. The molecule has 0 saturated carbocycles. The van der Waals surface area contributed by atoms with Gasteiger partial charge in [-0.1, -0.05) is 51.8 Å². The van der Waals surface area contributed by atoms with E-state index in [9.17, 15) is 0 Å². The third kappa shape index (κ3) is 2.82. The number of rotatable bonds is 4. The van der Waals surface area contributed by atoms with Crippen LogP contribution in [0.4, 0.5) is 0 Å². The maximum atomic E-state index is 6.22. The van der Waals surface area contributed by atoms with Crippen molar-refractivity contribution < 1.29 is 4.74 Å². The van der Waals surface area contributed by atoms with E-state index in [1.807, 2.05) is 48.9 Å². The number of halogens is 2. The Hall–Kier alpha value is -1.62. The molecule has 3 nitrogen and oxygen atoms in total. The predicted octanol–water partition coefficient (Wildman–Crippen LogP) is 4.97. The predicted molar refractivity (Wildman–Crippen MR) is 93.3 cm³/mol. The summed E-state index contributed by atoms with van der Waals surface area (Å²) >= 11 is 9.49. The van der Waals surface area contributed by atoms with Gasteiger partial charge >= 0.3 is 0 Å². The molecule has 1 aromatic heterocycles. The van der Waals surface area contributed by atoms with Gasteiger partial charge in [0, 0.05) is 21.9 Å². The lowest BCUT2D eigenvalue weighted by Gasteiger charge is -2.15. The minimum atomic E-state index is -0.366. The van der Waals surface area contributed by atoms with Gasteiger partial charge in [-0.05, 0) is 35.4 Å². The summed E-state index contributed by atoms with van der Waals surface area (Å²) in [6, 6.07) is 16.2. The minimum Gasteiger partial charge on any atom is -0.354 e. The fourth-order valence-corrected chi connectivity index (χ4v) is 3.36. The third-order valence-electron chi connectivity index (χ3n) is 4.18. The number of hydrogen-bond acceptors (Lipinski definition) is 2. The average molecular weight is 390 g/mol. The molecule has 116 valence electrons. The largest absolute Gasteiger partial charge is 0.354 e. The lowest BCUT2D eigenvalue weighted by molar-refractivity contribution is 0.270. The van der Waals surface area contributed by atoms with Crippen LogP contribution in [0.3, 0.4) is 0 Å². The summed E-state index contributed by atoms with van der Waals surface area (Å²) < 4.78 is 9.33. The van der Waals surface area contributed by atoms with Gasteiger partial charge in [0.1, 0.15) is 11.7 Å². The molecular formula is C18H14BrClN2O. The smallest absolute Gasteiger partial charge is 0.142 e. The lowest BCUT2D eigenvalue weighted by Crippen LogP contribution is -2.18. The first-order chi connectivity index (χ1) is 11.2. The molecule has 0 aliphatic carbocycles. The molecule has 23 heavy (non-hydrogen) atoms. The molecule has 0 amide bonds. The van der Waals surface area contributed by atoms with E-state index in [2.05, 4.69) is 37.6 Å². The Balaban J connectivity index is 1.71. The van der Waals surface area contributed by atoms with Gasteiger partial charge in [0.25, 0.3) is 0 Å². The van der Waals surface area contributed by atoms with Crippen molar-refractivity contribution in [3.8, 4) is 0 Å². The van der Waals surface area contributed by atoms with Gasteiger partial charge in [0.2, 0.25) is 0 Å². The second-order valence-electron chi connectivity index (χ2n) is 5.68. The Morgan fingerprint density at radius 3 is 2.52 bits per heavy atom. The molecule has 2 aromatic carbocycles. The number of epoxide rings is 1. The Bertz CT molecular complexity index is 802. The van der Waals surface area contributed by atoms with E-state index in [1.165, 1.54) is 0 Å². The van der Waals surface area contributed by atoms with Crippen molar-refractivity contribution in [1.29, 1.82) is 0 Å². The summed E-state index contributed by atoms with van der Waals surface area (Å²) in [6.45, 7) is 0.724. The van der Waals surface area contributed by atoms with Crippen molar-refractivity contribution in [2.24, 2.45) is 0 Å². The van der Waals surface area contributed by atoms with Crippen LogP contribution in [-0.4, -0.2) is 9.55 Å². The number of hydrogen-bond donors (Lipinski definition) is 0. The summed E-state index contributed by atoms with van der Waals surface area (Å²) in [7, 11) is 0. The first kappa shape index (κ1) is 14.9. The van der Waals surface area contributed by atoms with Crippen LogP contribution in [0.25, 0.3) is 0 Å². The number of ether oxygens (including phenoxy) is 1. The third-order valence-corrected chi connectivity index (χ3v) is 4.96. The van der Waals surface area contributed by atoms with Gasteiger partial charge in [-0.15, -0.1) is 0 Å². The minimum absolute atomic E-state index is 0.0170. The molecule has 0 bridgehead atoms. The standard InChI is InChI=1S/C18H14BrClN2O/c19-15-5-3-14(4-6-15)18(11-22-10-9-21-12-22)17(23-18)13-1-7-16(20)8-2-13/h1-10,12,17H,11H2. The highest BCUT2D eigenvalue weighted by Gasteiger charge is 2.58. The summed E-state index contributed by atoms with van der Waals surface area (Å²) in [5.74, 6) is 0. The molecule has 4 rings (SSSR count). The van der Waals surface area contributed by atoms with Crippen LogP contribution in [0.5, 0.6) is 0 Å². The second kappa shape index (κ2) is 5.78. The topological polar surface area (TPSA) is 30.4 Å². The molecule has 2 atom stereocenters. The van der Waals surface area contributed by atoms with Gasteiger partial charge in [-0.25, -0.2) is 4.98 Å². The van der Waals surface area contributed by atoms with E-state index in [4.69, 9.17) is 16.3 Å². The van der Waals surface area contributed by atoms with Crippen molar-refractivity contribution in [3.63, 3.8) is 0 Å². The first-order valence-corrected chi connectivity index (χ1v) is 8.49. The van der Waals surface area contributed by atoms with Gasteiger partial charge < -0.3 is 9.30 Å². The van der Waals surface area contributed by atoms with Crippen LogP contribution in [0, 0.1) is 0 Å². The SMILES string of the molecule is Clc1ccc(C2OC2(Cn2ccnc2)c2ccc(Br)cc2)cc1. The summed E-state index contributed by atoms with van der Waals surface area (Å²) in [6.07, 6.45) is 5.58. The molecule has 1 fully saturated rings. The first-order valence-electron chi connectivity index (χ1n) is 7.32. The zero-order valence-corrected chi connectivity index (χ0v) is 14.5. The van der Waals surface area contributed by atoms with E-state index in [0.29, 0.717) is 0 Å². The molecule has 0 spiro atoms. The van der Waals surface area contributed by atoms with Crippen molar-refractivity contribution in [1.82, 2.24) is 9.55 Å². The van der Waals surface area contributed by atoms with Crippen LogP contribution in [-0.2, 0) is 16.9 Å². The zero-order valence-electron chi connectivity index (χ0n) is 12.2. The highest BCUT2D eigenvalue weighted by molar-refractivity contribution is 9.10. The molecule has 1 saturated heterocycles. The quantitative estimate of drug-likeness (QED) is 0.590. The number of aromatic nitrogens is 2. The fraction of sp³-hybridized carbons (Fsp3) is 0.167. The second-order valence-corrected chi connectivity index (χ2v) is 7.03. The molecule has 0 N–H and O–H groups in total. The Morgan fingerprint density at radius 1 is 1.13 bits per heavy atom. The van der Waals surface area contributed by atoms with Crippen LogP contribution in [0.2, 0.25) is 5.02 Å². The van der Waals surface area contributed by atoms with Crippen LogP contribution < -0.4 is 0 Å². The summed E-state index contributed by atoms with van der Waals surface area (Å²) in [4.78, 5) is 4.13. The van der Waals surface area contributed by atoms with Crippen LogP contribution >= 0.6 is 27.5 Å². The highest BCUT2D eigenvalue weighted by Crippen LogP contribution is 2.58. The van der Waals surface area contributed by atoms with Gasteiger partial charge in [0.05, 0.1) is 12.9 Å². The molecule has 1 aliphatic heterocycles. The number of benzene rings is 2. The van der Waals surface area contributed by atoms with Crippen molar-refractivity contribution in [3.05, 3.63) is 87.9 Å².